The largest absolute Gasteiger partial charge is 0.467 e. The fourth-order valence-corrected chi connectivity index (χ4v) is 2.92. The molecule has 1 aliphatic rings. The molecule has 2 N–H and O–H groups in total. The molecule has 20 heavy (non-hydrogen) atoms. The average molecular weight is 280 g/mol. The predicted octanol–water partition coefficient (Wildman–Crippen LogP) is 2.17. The summed E-state index contributed by atoms with van der Waals surface area (Å²) >= 11 is 0. The third kappa shape index (κ3) is 2.77. The zero-order valence-corrected chi connectivity index (χ0v) is 11.9. The molecule has 5 heteroatoms. The maximum Gasteiger partial charge on any atom is 0.331 e. The Morgan fingerprint density at radius 3 is 3.05 bits per heavy atom. The van der Waals surface area contributed by atoms with Crippen LogP contribution >= 0.6 is 0 Å². The van der Waals surface area contributed by atoms with Gasteiger partial charge in [0.1, 0.15) is 11.4 Å². The van der Waals surface area contributed by atoms with Crippen molar-refractivity contribution in [2.75, 3.05) is 25.5 Å². The van der Waals surface area contributed by atoms with E-state index in [9.17, 15) is 9.18 Å². The van der Waals surface area contributed by atoms with Gasteiger partial charge in [0.15, 0.2) is 0 Å². The number of carbonyl (C=O) groups is 1. The number of anilines is 1. The van der Waals surface area contributed by atoms with Crippen LogP contribution in [0.4, 0.5) is 10.1 Å². The van der Waals surface area contributed by atoms with Gasteiger partial charge in [-0.05, 0) is 37.6 Å². The molecule has 1 aromatic carbocycles. The van der Waals surface area contributed by atoms with Crippen LogP contribution in [0.5, 0.6) is 0 Å². The Morgan fingerprint density at radius 1 is 1.60 bits per heavy atom. The smallest absolute Gasteiger partial charge is 0.331 e. The quantitative estimate of drug-likeness (QED) is 0.830. The number of hydrogen-bond donors (Lipinski definition) is 2. The van der Waals surface area contributed by atoms with Crippen LogP contribution in [0.1, 0.15) is 19.8 Å². The number of methoxy groups -OCH3 is 1. The van der Waals surface area contributed by atoms with Crippen LogP contribution in [0, 0.1) is 11.7 Å². The lowest BCUT2D eigenvalue weighted by Gasteiger charge is -2.43. The first-order valence-corrected chi connectivity index (χ1v) is 6.95. The monoisotopic (exact) mass is 280 g/mol. The molecule has 110 valence electrons. The fraction of sp³-hybridized carbons (Fsp3) is 0.533. The molecule has 0 saturated carbocycles. The molecular weight excluding hydrogens is 259 g/mol. The van der Waals surface area contributed by atoms with E-state index in [1.54, 1.807) is 12.1 Å². The first kappa shape index (κ1) is 14.8. The topological polar surface area (TPSA) is 50.4 Å². The summed E-state index contributed by atoms with van der Waals surface area (Å²) in [7, 11) is 1.39. The van der Waals surface area contributed by atoms with E-state index in [0.29, 0.717) is 12.1 Å². The van der Waals surface area contributed by atoms with Crippen LogP contribution in [0.15, 0.2) is 24.3 Å². The molecular formula is C15H21FN2O2. The number of ether oxygens (including phenoxy) is 1. The summed E-state index contributed by atoms with van der Waals surface area (Å²) in [5, 5.41) is 6.53. The van der Waals surface area contributed by atoms with Gasteiger partial charge in [-0.3, -0.25) is 0 Å². The molecule has 1 saturated heterocycles. The second kappa shape index (κ2) is 6.22. The van der Waals surface area contributed by atoms with E-state index in [-0.39, 0.29) is 17.7 Å². The summed E-state index contributed by atoms with van der Waals surface area (Å²) in [5.41, 5.74) is -0.182. The minimum atomic E-state index is -0.789. The maximum absolute atomic E-state index is 13.3. The van der Waals surface area contributed by atoms with Crippen LogP contribution in [0.2, 0.25) is 0 Å². The number of esters is 1. The van der Waals surface area contributed by atoms with Crippen LogP contribution in [0.3, 0.4) is 0 Å². The standard InChI is InChI=1S/C15H21FN2O2/c1-3-11-10-17-8-7-15(11,14(19)20-2)18-13-6-4-5-12(16)9-13/h4-6,9,11,17-18H,3,7-8,10H2,1-2H3. The summed E-state index contributed by atoms with van der Waals surface area (Å²) in [6, 6.07) is 6.18. The van der Waals surface area contributed by atoms with Crippen molar-refractivity contribution in [1.82, 2.24) is 5.32 Å². The van der Waals surface area contributed by atoms with Gasteiger partial charge in [-0.15, -0.1) is 0 Å². The Morgan fingerprint density at radius 2 is 2.40 bits per heavy atom. The van der Waals surface area contributed by atoms with Crippen molar-refractivity contribution >= 4 is 11.7 Å². The highest BCUT2D eigenvalue weighted by Crippen LogP contribution is 2.32. The Hall–Kier alpha value is -1.62. The first-order valence-electron chi connectivity index (χ1n) is 6.95. The van der Waals surface area contributed by atoms with Crippen LogP contribution in [0.25, 0.3) is 0 Å². The van der Waals surface area contributed by atoms with E-state index in [1.807, 2.05) is 6.92 Å². The zero-order chi connectivity index (χ0) is 14.6. The number of hydrogen-bond acceptors (Lipinski definition) is 4. The van der Waals surface area contributed by atoms with Crippen molar-refractivity contribution in [1.29, 1.82) is 0 Å². The van der Waals surface area contributed by atoms with Gasteiger partial charge >= 0.3 is 5.97 Å². The van der Waals surface area contributed by atoms with Crippen molar-refractivity contribution in [3.8, 4) is 0 Å². The first-order chi connectivity index (χ1) is 9.62. The number of carbonyl (C=O) groups excluding carboxylic acids is 1. The van der Waals surface area contributed by atoms with Gasteiger partial charge in [-0.1, -0.05) is 13.0 Å². The van der Waals surface area contributed by atoms with Gasteiger partial charge in [0.05, 0.1) is 7.11 Å². The molecule has 1 aromatic rings. The lowest BCUT2D eigenvalue weighted by Crippen LogP contribution is -2.60. The van der Waals surface area contributed by atoms with E-state index in [4.69, 9.17) is 4.74 Å². The van der Waals surface area contributed by atoms with Gasteiger partial charge in [-0.25, -0.2) is 9.18 Å². The molecule has 0 bridgehead atoms. The number of nitrogens with one attached hydrogen (secondary N) is 2. The lowest BCUT2D eigenvalue weighted by molar-refractivity contribution is -0.149. The molecule has 0 spiro atoms. The Labute approximate surface area is 118 Å². The third-order valence-corrected chi connectivity index (χ3v) is 4.02. The number of rotatable bonds is 4. The second-order valence-electron chi connectivity index (χ2n) is 5.16. The highest BCUT2D eigenvalue weighted by Gasteiger charge is 2.47. The van der Waals surface area contributed by atoms with Crippen molar-refractivity contribution in [2.24, 2.45) is 5.92 Å². The van der Waals surface area contributed by atoms with Gasteiger partial charge in [-0.2, -0.15) is 0 Å². The van der Waals surface area contributed by atoms with Crippen molar-refractivity contribution in [3.63, 3.8) is 0 Å². The minimum Gasteiger partial charge on any atom is -0.467 e. The van der Waals surface area contributed by atoms with Crippen molar-refractivity contribution in [3.05, 3.63) is 30.1 Å². The Balaban J connectivity index is 2.33. The van der Waals surface area contributed by atoms with Crippen LogP contribution < -0.4 is 10.6 Å². The van der Waals surface area contributed by atoms with Crippen molar-refractivity contribution in [2.45, 2.75) is 25.3 Å². The van der Waals surface area contributed by atoms with Gasteiger partial charge in [0, 0.05) is 18.2 Å². The maximum atomic E-state index is 13.3. The third-order valence-electron chi connectivity index (χ3n) is 4.02. The van der Waals surface area contributed by atoms with Gasteiger partial charge in [0.25, 0.3) is 0 Å². The molecule has 0 amide bonds. The van der Waals surface area contributed by atoms with E-state index in [0.717, 1.165) is 19.5 Å². The highest BCUT2D eigenvalue weighted by atomic mass is 19.1. The Kier molecular flexibility index (Phi) is 4.60. The Bertz CT molecular complexity index is 481. The molecule has 2 unspecified atom stereocenters. The molecule has 2 atom stereocenters. The summed E-state index contributed by atoms with van der Waals surface area (Å²) in [5.74, 6) is -0.501. The van der Waals surface area contributed by atoms with Gasteiger partial charge < -0.3 is 15.4 Å². The van der Waals surface area contributed by atoms with Gasteiger partial charge in [0.2, 0.25) is 0 Å². The van der Waals surface area contributed by atoms with Crippen molar-refractivity contribution < 1.29 is 13.9 Å². The number of piperidine rings is 1. The van der Waals surface area contributed by atoms with E-state index < -0.39 is 5.54 Å². The molecule has 1 heterocycles. The van der Waals surface area contributed by atoms with E-state index in [2.05, 4.69) is 10.6 Å². The fourth-order valence-electron chi connectivity index (χ4n) is 2.92. The summed E-state index contributed by atoms with van der Waals surface area (Å²) < 4.78 is 18.3. The second-order valence-corrected chi connectivity index (χ2v) is 5.16. The normalized spacial score (nSPS) is 26.1. The lowest BCUT2D eigenvalue weighted by atomic mass is 9.76. The highest BCUT2D eigenvalue weighted by molar-refractivity contribution is 5.85. The summed E-state index contributed by atoms with van der Waals surface area (Å²) in [4.78, 5) is 12.3. The average Bonchev–Trinajstić information content (AvgIpc) is 2.46. The van der Waals surface area contributed by atoms with Crippen LogP contribution in [-0.4, -0.2) is 31.7 Å². The molecule has 0 radical (unpaired) electrons. The van der Waals surface area contributed by atoms with E-state index >= 15 is 0 Å². The predicted molar refractivity (Wildman–Crippen MR) is 76.0 cm³/mol. The summed E-state index contributed by atoms with van der Waals surface area (Å²) in [6.45, 7) is 3.52. The SMILES string of the molecule is CCC1CNCCC1(Nc1cccc(F)c1)C(=O)OC. The minimum absolute atomic E-state index is 0.104. The molecule has 2 rings (SSSR count). The van der Waals surface area contributed by atoms with Crippen LogP contribution in [-0.2, 0) is 9.53 Å². The molecule has 0 aliphatic carbocycles. The number of halogens is 1. The molecule has 1 aliphatic heterocycles. The molecule has 1 fully saturated rings. The molecule has 4 nitrogen and oxygen atoms in total. The summed E-state index contributed by atoms with van der Waals surface area (Å²) in [6.07, 6.45) is 1.46. The zero-order valence-electron chi connectivity index (χ0n) is 11.9. The van der Waals surface area contributed by atoms with E-state index in [1.165, 1.54) is 19.2 Å². The number of benzene rings is 1. The molecule has 0 aromatic heterocycles.